The number of ketones is 1. The van der Waals surface area contributed by atoms with Crippen molar-refractivity contribution in [1.82, 2.24) is 0 Å². The van der Waals surface area contributed by atoms with Gasteiger partial charge < -0.3 is 5.11 Å². The number of hydrogen-bond donors (Lipinski definition) is 1. The fourth-order valence-electron chi connectivity index (χ4n) is 2.37. The van der Waals surface area contributed by atoms with Crippen LogP contribution >= 0.6 is 0 Å². The van der Waals surface area contributed by atoms with E-state index in [1.807, 2.05) is 6.92 Å². The lowest BCUT2D eigenvalue weighted by molar-refractivity contribution is -0.149. The molecule has 0 aromatic carbocycles. The molecule has 0 unspecified atom stereocenters. The Labute approximate surface area is 66.6 Å². The largest absolute Gasteiger partial charge is 0.392 e. The number of rotatable bonds is 0. The third-order valence-electron chi connectivity index (χ3n) is 3.48. The van der Waals surface area contributed by atoms with Crippen molar-refractivity contribution >= 4 is 5.78 Å². The predicted octanol–water partition coefficient (Wildman–Crippen LogP) is 1.13. The van der Waals surface area contributed by atoms with Gasteiger partial charge in [-0.3, -0.25) is 4.79 Å². The molecule has 0 aromatic rings. The molecule has 0 aliphatic heterocycles. The molecule has 0 aromatic heterocycles. The van der Waals surface area contributed by atoms with Gasteiger partial charge in [-0.15, -0.1) is 0 Å². The van der Waals surface area contributed by atoms with Crippen LogP contribution in [0.25, 0.3) is 0 Å². The number of carbonyl (C=O) groups excluding carboxylic acids is 1. The fraction of sp³-hybridized carbons (Fsp3) is 0.889. The van der Waals surface area contributed by atoms with E-state index >= 15 is 0 Å². The number of fused-ring (bicyclic) bond motifs is 3. The summed E-state index contributed by atoms with van der Waals surface area (Å²) >= 11 is 0. The lowest BCUT2D eigenvalue weighted by atomic mass is 9.59. The first-order valence-corrected chi connectivity index (χ1v) is 4.34. The van der Waals surface area contributed by atoms with E-state index in [1.165, 1.54) is 0 Å². The summed E-state index contributed by atoms with van der Waals surface area (Å²) in [4.78, 5) is 11.4. The second kappa shape index (κ2) is 2.07. The Kier molecular flexibility index (Phi) is 1.37. The van der Waals surface area contributed by atoms with Crippen LogP contribution in [0.4, 0.5) is 0 Å². The van der Waals surface area contributed by atoms with Gasteiger partial charge in [0.1, 0.15) is 5.78 Å². The highest BCUT2D eigenvalue weighted by molar-refractivity contribution is 5.86. The van der Waals surface area contributed by atoms with E-state index in [1.54, 1.807) is 0 Å². The smallest absolute Gasteiger partial charge is 0.141 e. The van der Waals surface area contributed by atoms with Gasteiger partial charge in [0, 0.05) is 6.42 Å². The van der Waals surface area contributed by atoms with Crippen LogP contribution < -0.4 is 0 Å². The number of aliphatic hydroxyl groups is 1. The van der Waals surface area contributed by atoms with Gasteiger partial charge in [0.25, 0.3) is 0 Å². The van der Waals surface area contributed by atoms with Gasteiger partial charge >= 0.3 is 0 Å². The van der Waals surface area contributed by atoms with Crippen molar-refractivity contribution in [2.75, 3.05) is 0 Å². The lowest BCUT2D eigenvalue weighted by Gasteiger charge is -2.46. The van der Waals surface area contributed by atoms with Gasteiger partial charge in [0.15, 0.2) is 0 Å². The second-order valence-electron chi connectivity index (χ2n) is 4.20. The predicted molar refractivity (Wildman–Crippen MR) is 41.1 cm³/mol. The molecule has 0 heterocycles. The molecule has 3 rings (SSSR count). The molecule has 2 nitrogen and oxygen atoms in total. The highest BCUT2D eigenvalue weighted by Crippen LogP contribution is 2.47. The molecule has 11 heavy (non-hydrogen) atoms. The summed E-state index contributed by atoms with van der Waals surface area (Å²) in [6, 6.07) is 0. The number of Topliss-reactive ketones (excluding diaryl/α,β-unsaturated/α-hetero) is 1. The molecule has 3 aliphatic rings. The highest BCUT2D eigenvalue weighted by Gasteiger charge is 2.49. The first kappa shape index (κ1) is 7.29. The molecular weight excluding hydrogens is 140 g/mol. The Morgan fingerprint density at radius 1 is 1.64 bits per heavy atom. The van der Waals surface area contributed by atoms with Crippen molar-refractivity contribution in [2.45, 2.75) is 38.7 Å². The molecule has 62 valence electrons. The Morgan fingerprint density at radius 3 is 2.82 bits per heavy atom. The average molecular weight is 154 g/mol. The standard InChI is InChI=1S/C9H14O2/c1-9-3-2-6(4-7(9)10)5-8(9)11/h6-7,10H,2-5H2,1H3/t6-,7-,9+/m0/s1. The summed E-state index contributed by atoms with van der Waals surface area (Å²) < 4.78 is 0. The van der Waals surface area contributed by atoms with E-state index in [4.69, 9.17) is 0 Å². The van der Waals surface area contributed by atoms with Crippen LogP contribution in [0.1, 0.15) is 32.6 Å². The molecule has 3 aliphatic carbocycles. The zero-order chi connectivity index (χ0) is 8.06. The molecule has 0 radical (unpaired) electrons. The van der Waals surface area contributed by atoms with Gasteiger partial charge in [-0.05, 0) is 25.2 Å². The van der Waals surface area contributed by atoms with Crippen LogP contribution in [0.2, 0.25) is 0 Å². The van der Waals surface area contributed by atoms with E-state index in [9.17, 15) is 9.90 Å². The summed E-state index contributed by atoms with van der Waals surface area (Å²) in [5.74, 6) is 0.770. The zero-order valence-corrected chi connectivity index (χ0v) is 6.84. The van der Waals surface area contributed by atoms with Gasteiger partial charge in [0.05, 0.1) is 11.5 Å². The van der Waals surface area contributed by atoms with E-state index in [0.29, 0.717) is 12.3 Å². The molecule has 0 spiro atoms. The van der Waals surface area contributed by atoms with E-state index < -0.39 is 0 Å². The molecule has 3 fully saturated rings. The summed E-state index contributed by atoms with van der Waals surface area (Å²) in [6.07, 6.45) is 3.25. The quantitative estimate of drug-likeness (QED) is 0.568. The van der Waals surface area contributed by atoms with Crippen molar-refractivity contribution in [3.63, 3.8) is 0 Å². The van der Waals surface area contributed by atoms with Crippen LogP contribution in [0, 0.1) is 11.3 Å². The van der Waals surface area contributed by atoms with Crippen molar-refractivity contribution in [1.29, 1.82) is 0 Å². The van der Waals surface area contributed by atoms with Crippen molar-refractivity contribution in [2.24, 2.45) is 11.3 Å². The topological polar surface area (TPSA) is 37.3 Å². The van der Waals surface area contributed by atoms with Crippen molar-refractivity contribution < 1.29 is 9.90 Å². The average Bonchev–Trinajstić information content (AvgIpc) is 1.94. The Morgan fingerprint density at radius 2 is 2.36 bits per heavy atom. The van der Waals surface area contributed by atoms with Crippen LogP contribution in [0.15, 0.2) is 0 Å². The van der Waals surface area contributed by atoms with Crippen LogP contribution in [0.3, 0.4) is 0 Å². The van der Waals surface area contributed by atoms with Gasteiger partial charge in [-0.2, -0.15) is 0 Å². The first-order chi connectivity index (χ1) is 5.13. The van der Waals surface area contributed by atoms with Crippen LogP contribution in [-0.4, -0.2) is 17.0 Å². The van der Waals surface area contributed by atoms with Gasteiger partial charge in [-0.1, -0.05) is 6.92 Å². The first-order valence-electron chi connectivity index (χ1n) is 4.34. The van der Waals surface area contributed by atoms with Gasteiger partial charge in [0.2, 0.25) is 0 Å². The van der Waals surface area contributed by atoms with Crippen molar-refractivity contribution in [3.05, 3.63) is 0 Å². The number of hydrogen-bond acceptors (Lipinski definition) is 2. The minimum Gasteiger partial charge on any atom is -0.392 e. The highest BCUT2D eigenvalue weighted by atomic mass is 16.3. The minimum atomic E-state index is -0.380. The number of aliphatic hydroxyl groups excluding tert-OH is 1. The molecule has 1 N–H and O–H groups in total. The Balaban J connectivity index is 2.30. The molecular formula is C9H14O2. The summed E-state index contributed by atoms with van der Waals surface area (Å²) in [7, 11) is 0. The summed E-state index contributed by atoms with van der Waals surface area (Å²) in [6.45, 7) is 1.91. The van der Waals surface area contributed by atoms with Crippen LogP contribution in [-0.2, 0) is 4.79 Å². The third-order valence-corrected chi connectivity index (χ3v) is 3.48. The Hall–Kier alpha value is -0.370. The number of carbonyl (C=O) groups is 1. The molecule has 2 bridgehead atoms. The van der Waals surface area contributed by atoms with E-state index in [0.717, 1.165) is 19.3 Å². The molecule has 3 saturated carbocycles. The SMILES string of the molecule is C[C@]12CC[C@H](CC1=O)C[C@@H]2O. The molecule has 0 amide bonds. The normalized spacial score (nSPS) is 49.8. The second-order valence-corrected chi connectivity index (χ2v) is 4.20. The Bertz CT molecular complexity index is 200. The van der Waals surface area contributed by atoms with E-state index in [-0.39, 0.29) is 17.3 Å². The maximum absolute atomic E-state index is 11.4. The van der Waals surface area contributed by atoms with Crippen molar-refractivity contribution in [3.8, 4) is 0 Å². The molecule has 3 atom stereocenters. The molecule has 0 saturated heterocycles. The maximum Gasteiger partial charge on any atom is 0.141 e. The lowest BCUT2D eigenvalue weighted by Crippen LogP contribution is -2.50. The summed E-state index contributed by atoms with van der Waals surface area (Å²) in [5, 5.41) is 9.61. The summed E-state index contributed by atoms with van der Waals surface area (Å²) in [5.41, 5.74) is -0.380. The maximum atomic E-state index is 11.4. The third kappa shape index (κ3) is 0.853. The van der Waals surface area contributed by atoms with E-state index in [2.05, 4.69) is 0 Å². The monoisotopic (exact) mass is 154 g/mol. The van der Waals surface area contributed by atoms with Crippen LogP contribution in [0.5, 0.6) is 0 Å². The van der Waals surface area contributed by atoms with Gasteiger partial charge in [-0.25, -0.2) is 0 Å². The molecule has 2 heteroatoms. The zero-order valence-electron chi connectivity index (χ0n) is 6.84. The fourth-order valence-corrected chi connectivity index (χ4v) is 2.37. The minimum absolute atomic E-state index is 0.285.